The maximum Gasteiger partial charge on any atom is 0.237 e. The number of rotatable bonds is 5. The van der Waals surface area contributed by atoms with Gasteiger partial charge in [-0.15, -0.1) is 0 Å². The summed E-state index contributed by atoms with van der Waals surface area (Å²) in [5.74, 6) is 0.887. The molecule has 1 aromatic rings. The summed E-state index contributed by atoms with van der Waals surface area (Å²) in [6.07, 6.45) is 9.88. The molecule has 1 heterocycles. The van der Waals surface area contributed by atoms with Crippen LogP contribution in [0.15, 0.2) is 36.4 Å². The summed E-state index contributed by atoms with van der Waals surface area (Å²) in [6, 6.07) is 10.5. The van der Waals surface area contributed by atoms with Gasteiger partial charge in [-0.25, -0.2) is 0 Å². The van der Waals surface area contributed by atoms with E-state index in [0.29, 0.717) is 5.92 Å². The summed E-state index contributed by atoms with van der Waals surface area (Å²) >= 11 is 0. The molecule has 2 aliphatic rings. The van der Waals surface area contributed by atoms with Gasteiger partial charge in [-0.2, -0.15) is 0 Å². The second-order valence-corrected chi connectivity index (χ2v) is 7.27. The third-order valence-corrected chi connectivity index (χ3v) is 5.60. The first-order valence-electron chi connectivity index (χ1n) is 9.50. The Bertz CT molecular complexity index is 560. The van der Waals surface area contributed by atoms with Gasteiger partial charge in [0.05, 0.1) is 6.04 Å². The molecule has 0 saturated heterocycles. The van der Waals surface area contributed by atoms with E-state index in [1.54, 1.807) is 0 Å². The van der Waals surface area contributed by atoms with Crippen molar-refractivity contribution in [3.63, 3.8) is 0 Å². The average molecular weight is 326 g/mol. The highest BCUT2D eigenvalue weighted by molar-refractivity contribution is 5.81. The Morgan fingerprint density at radius 2 is 1.96 bits per heavy atom. The van der Waals surface area contributed by atoms with Crippen LogP contribution in [0.1, 0.15) is 51.0 Å². The van der Waals surface area contributed by atoms with Crippen LogP contribution in [-0.4, -0.2) is 36.5 Å². The Balaban J connectivity index is 1.48. The molecule has 1 N–H and O–H groups in total. The fourth-order valence-electron chi connectivity index (χ4n) is 3.90. The zero-order valence-electron chi connectivity index (χ0n) is 14.8. The van der Waals surface area contributed by atoms with Crippen molar-refractivity contribution in [3.8, 4) is 0 Å². The topological polar surface area (TPSA) is 32.3 Å². The van der Waals surface area contributed by atoms with E-state index in [1.807, 2.05) is 6.92 Å². The lowest BCUT2D eigenvalue weighted by molar-refractivity contribution is -0.126. The third kappa shape index (κ3) is 4.47. The Morgan fingerprint density at radius 1 is 1.21 bits per heavy atom. The van der Waals surface area contributed by atoms with E-state index in [9.17, 15) is 4.79 Å². The summed E-state index contributed by atoms with van der Waals surface area (Å²) in [7, 11) is 0. The second-order valence-electron chi connectivity index (χ2n) is 7.27. The number of amides is 1. The number of carbonyl (C=O) groups is 1. The Kier molecular flexibility index (Phi) is 6.08. The van der Waals surface area contributed by atoms with Gasteiger partial charge in [0.25, 0.3) is 0 Å². The molecule has 1 atom stereocenters. The minimum Gasteiger partial charge on any atom is -0.354 e. The molecule has 0 unspecified atom stereocenters. The summed E-state index contributed by atoms with van der Waals surface area (Å²) in [5, 5.41) is 3.19. The SMILES string of the molecule is C[C@H](C(=O)NCC1CCCCC1)N1CC=C(c2ccccc2)CC1. The molecule has 1 aliphatic carbocycles. The van der Waals surface area contributed by atoms with Crippen LogP contribution in [0.25, 0.3) is 5.57 Å². The second kappa shape index (κ2) is 8.48. The van der Waals surface area contributed by atoms with Crippen LogP contribution in [0.3, 0.4) is 0 Å². The number of hydrogen-bond acceptors (Lipinski definition) is 2. The van der Waals surface area contributed by atoms with E-state index in [-0.39, 0.29) is 11.9 Å². The lowest BCUT2D eigenvalue weighted by Crippen LogP contribution is -2.47. The van der Waals surface area contributed by atoms with Crippen molar-refractivity contribution in [2.45, 2.75) is 51.5 Å². The van der Waals surface area contributed by atoms with Crippen LogP contribution in [0.4, 0.5) is 0 Å². The standard InChI is InChI=1S/C21H30N2O/c1-17(21(24)22-16-18-8-4-2-5-9-18)23-14-12-20(13-15-23)19-10-6-3-7-11-19/h3,6-7,10-12,17-18H,2,4-5,8-9,13-16H2,1H3,(H,22,24)/t17-/m1/s1. The Morgan fingerprint density at radius 3 is 2.62 bits per heavy atom. The fourth-order valence-corrected chi connectivity index (χ4v) is 3.90. The van der Waals surface area contributed by atoms with Crippen molar-refractivity contribution in [3.05, 3.63) is 42.0 Å². The quantitative estimate of drug-likeness (QED) is 0.891. The highest BCUT2D eigenvalue weighted by Crippen LogP contribution is 2.24. The lowest BCUT2D eigenvalue weighted by Gasteiger charge is -2.31. The lowest BCUT2D eigenvalue weighted by atomic mass is 9.89. The molecule has 0 radical (unpaired) electrons. The summed E-state index contributed by atoms with van der Waals surface area (Å²) in [5.41, 5.74) is 2.72. The smallest absolute Gasteiger partial charge is 0.237 e. The molecule has 3 heteroatoms. The van der Waals surface area contributed by atoms with Crippen LogP contribution in [-0.2, 0) is 4.79 Å². The number of benzene rings is 1. The van der Waals surface area contributed by atoms with Crippen LogP contribution >= 0.6 is 0 Å². The zero-order chi connectivity index (χ0) is 16.8. The number of nitrogens with one attached hydrogen (secondary N) is 1. The van der Waals surface area contributed by atoms with E-state index in [2.05, 4.69) is 46.6 Å². The molecule has 0 spiro atoms. The van der Waals surface area contributed by atoms with Crippen molar-refractivity contribution in [1.82, 2.24) is 10.2 Å². The number of nitrogens with zero attached hydrogens (tertiary/aromatic N) is 1. The van der Waals surface area contributed by atoms with E-state index in [4.69, 9.17) is 0 Å². The van der Waals surface area contributed by atoms with Gasteiger partial charge in [0.2, 0.25) is 5.91 Å². The Hall–Kier alpha value is -1.61. The van der Waals surface area contributed by atoms with Crippen molar-refractivity contribution >= 4 is 11.5 Å². The number of hydrogen-bond donors (Lipinski definition) is 1. The van der Waals surface area contributed by atoms with Crippen LogP contribution in [0, 0.1) is 5.92 Å². The van der Waals surface area contributed by atoms with Gasteiger partial charge in [-0.1, -0.05) is 55.7 Å². The van der Waals surface area contributed by atoms with Gasteiger partial charge in [-0.05, 0) is 43.2 Å². The zero-order valence-corrected chi connectivity index (χ0v) is 14.8. The molecular formula is C21H30N2O. The highest BCUT2D eigenvalue weighted by Gasteiger charge is 2.24. The molecule has 1 aromatic carbocycles. The maximum atomic E-state index is 12.5. The van der Waals surface area contributed by atoms with Crippen LogP contribution in [0.2, 0.25) is 0 Å². The van der Waals surface area contributed by atoms with Crippen molar-refractivity contribution in [2.75, 3.05) is 19.6 Å². The van der Waals surface area contributed by atoms with Gasteiger partial charge in [0, 0.05) is 19.6 Å². The minimum atomic E-state index is -0.0397. The largest absolute Gasteiger partial charge is 0.354 e. The molecule has 130 valence electrons. The molecule has 3 rings (SSSR count). The molecule has 3 nitrogen and oxygen atoms in total. The maximum absolute atomic E-state index is 12.5. The summed E-state index contributed by atoms with van der Waals surface area (Å²) < 4.78 is 0. The molecule has 1 fully saturated rings. The van der Waals surface area contributed by atoms with Crippen molar-refractivity contribution in [1.29, 1.82) is 0 Å². The van der Waals surface area contributed by atoms with Crippen LogP contribution in [0.5, 0.6) is 0 Å². The van der Waals surface area contributed by atoms with E-state index >= 15 is 0 Å². The van der Waals surface area contributed by atoms with Crippen molar-refractivity contribution in [2.24, 2.45) is 5.92 Å². The van der Waals surface area contributed by atoms with Gasteiger partial charge in [-0.3, -0.25) is 9.69 Å². The molecular weight excluding hydrogens is 296 g/mol. The van der Waals surface area contributed by atoms with E-state index in [1.165, 1.54) is 43.2 Å². The van der Waals surface area contributed by atoms with E-state index in [0.717, 1.165) is 26.1 Å². The summed E-state index contributed by atoms with van der Waals surface area (Å²) in [4.78, 5) is 14.7. The van der Waals surface area contributed by atoms with E-state index < -0.39 is 0 Å². The average Bonchev–Trinajstić information content (AvgIpc) is 2.67. The Labute approximate surface area is 146 Å². The highest BCUT2D eigenvalue weighted by atomic mass is 16.2. The van der Waals surface area contributed by atoms with Crippen molar-refractivity contribution < 1.29 is 4.79 Å². The first-order chi connectivity index (χ1) is 11.7. The van der Waals surface area contributed by atoms with Gasteiger partial charge < -0.3 is 5.32 Å². The van der Waals surface area contributed by atoms with Gasteiger partial charge in [0.1, 0.15) is 0 Å². The van der Waals surface area contributed by atoms with Gasteiger partial charge in [0.15, 0.2) is 0 Å². The number of carbonyl (C=O) groups excluding carboxylic acids is 1. The molecule has 1 amide bonds. The predicted octanol–water partition coefficient (Wildman–Crippen LogP) is 3.86. The normalized spacial score (nSPS) is 21.1. The fraction of sp³-hybridized carbons (Fsp3) is 0.571. The molecule has 24 heavy (non-hydrogen) atoms. The minimum absolute atomic E-state index is 0.0397. The first-order valence-corrected chi connectivity index (χ1v) is 9.50. The first kappa shape index (κ1) is 17.2. The molecule has 0 bridgehead atoms. The monoisotopic (exact) mass is 326 g/mol. The third-order valence-electron chi connectivity index (χ3n) is 5.60. The summed E-state index contributed by atoms with van der Waals surface area (Å²) in [6.45, 7) is 4.72. The molecule has 1 saturated carbocycles. The predicted molar refractivity (Wildman–Crippen MR) is 99.7 cm³/mol. The molecule has 1 aliphatic heterocycles. The van der Waals surface area contributed by atoms with Crippen LogP contribution < -0.4 is 5.32 Å². The van der Waals surface area contributed by atoms with Gasteiger partial charge >= 0.3 is 0 Å². The molecule has 0 aromatic heterocycles.